The van der Waals surface area contributed by atoms with Gasteiger partial charge in [-0.2, -0.15) is 9.97 Å². The summed E-state index contributed by atoms with van der Waals surface area (Å²) < 4.78 is 0. The zero-order chi connectivity index (χ0) is 62.3. The third kappa shape index (κ3) is 35.0. The summed E-state index contributed by atoms with van der Waals surface area (Å²) in [5.41, 5.74) is 34.9. The first kappa shape index (κ1) is 88.4. The first-order chi connectivity index (χ1) is 41.9. The molecule has 501 valence electrons. The van der Waals surface area contributed by atoms with Gasteiger partial charge in [0, 0.05) is 90.1 Å². The number of carbonyl (C=O) groups is 1. The summed E-state index contributed by atoms with van der Waals surface area (Å²) in [6.45, 7) is 11.6. The fourth-order valence-corrected chi connectivity index (χ4v) is 7.75. The average Bonchev–Trinajstić information content (AvgIpc) is 0.998. The molecular weight excluding hydrogens is 1250 g/mol. The Kier molecular flexibility index (Phi) is 43.9. The molecule has 0 aliphatic heterocycles. The number of anilines is 15. The van der Waals surface area contributed by atoms with Gasteiger partial charge in [0.2, 0.25) is 28.4 Å². The van der Waals surface area contributed by atoms with Crippen LogP contribution in [0.2, 0.25) is 15.7 Å². The molecule has 7 aromatic carbocycles. The molecule has 4 aromatic heterocycles. The lowest BCUT2D eigenvalue weighted by atomic mass is 10.2. The smallest absolute Gasteiger partial charge is 0.247 e. The number of halogens is 3. The van der Waals surface area contributed by atoms with Gasteiger partial charge in [-0.15, -0.1) is 0 Å². The van der Waals surface area contributed by atoms with Crippen molar-refractivity contribution in [2.24, 2.45) is 0 Å². The van der Waals surface area contributed by atoms with Gasteiger partial charge in [0.05, 0.1) is 0 Å². The second-order valence-corrected chi connectivity index (χ2v) is 19.7. The van der Waals surface area contributed by atoms with Crippen molar-refractivity contribution in [2.75, 3.05) is 54.8 Å². The maximum Gasteiger partial charge on any atom is 0.247 e. The molecule has 0 spiro atoms. The largest absolute Gasteiger partial charge is 0.399 e. The Morgan fingerprint density at radius 1 is 0.368 bits per heavy atom. The Bertz CT molecular complexity index is 3720. The number of carbonyl (C=O) groups excluding carboxylic acids is 1. The van der Waals surface area contributed by atoms with Crippen LogP contribution in [-0.4, -0.2) is 54.2 Å². The van der Waals surface area contributed by atoms with Crippen LogP contribution in [0.4, 0.5) is 86.2 Å². The predicted molar refractivity (Wildman–Crippen MR) is 413 cm³/mol. The van der Waals surface area contributed by atoms with Crippen molar-refractivity contribution in [3.05, 3.63) is 270 Å². The zero-order valence-corrected chi connectivity index (χ0v) is 50.8. The molecule has 0 atom stereocenters. The Morgan fingerprint density at radius 3 is 1.02 bits per heavy atom. The van der Waals surface area contributed by atoms with Gasteiger partial charge >= 0.3 is 0 Å². The molecule has 0 saturated carbocycles. The van der Waals surface area contributed by atoms with Crippen LogP contribution in [0.3, 0.4) is 0 Å². The molecule has 0 unspecified atom stereocenters. The lowest BCUT2D eigenvalue weighted by Gasteiger charge is -2.10. The van der Waals surface area contributed by atoms with Gasteiger partial charge in [-0.1, -0.05) is 137 Å². The minimum atomic E-state index is -0.261. The van der Waals surface area contributed by atoms with Crippen LogP contribution in [0.1, 0.15) is 74.2 Å². The lowest BCUT2D eigenvalue weighted by Crippen LogP contribution is -2.07. The maximum absolute atomic E-state index is 11.4. The molecule has 0 saturated heterocycles. The highest BCUT2D eigenvalue weighted by Crippen LogP contribution is 2.23. The quantitative estimate of drug-likeness (QED) is 0.0179. The number of nitrogens with one attached hydrogen (secondary N) is 6. The van der Waals surface area contributed by atoms with Crippen LogP contribution in [0.25, 0.3) is 0 Å². The molecule has 0 aliphatic rings. The Labute approximate surface area is 580 Å². The van der Waals surface area contributed by atoms with Crippen molar-refractivity contribution in [1.29, 1.82) is 0 Å². The summed E-state index contributed by atoms with van der Waals surface area (Å²) in [7, 11) is 0. The van der Waals surface area contributed by atoms with Crippen molar-refractivity contribution < 1.29 is 4.79 Å². The first-order valence-electron chi connectivity index (χ1n) is 26.6. The molecule has 11 aromatic rings. The molecule has 19 nitrogen and oxygen atoms in total. The highest BCUT2D eigenvalue weighted by Gasteiger charge is 2.06. The molecule has 95 heavy (non-hydrogen) atoms. The first-order valence-corrected chi connectivity index (χ1v) is 27.7. The van der Waals surface area contributed by atoms with Crippen LogP contribution in [0.15, 0.2) is 232 Å². The highest BCUT2D eigenvalue weighted by atomic mass is 35.5. The van der Waals surface area contributed by atoms with Gasteiger partial charge in [0.1, 0.15) is 22.6 Å². The van der Waals surface area contributed by atoms with E-state index in [0.29, 0.717) is 51.4 Å². The van der Waals surface area contributed by atoms with Crippen molar-refractivity contribution in [2.45, 2.75) is 79.7 Å². The van der Waals surface area contributed by atoms with Gasteiger partial charge in [0.15, 0.2) is 0 Å². The van der Waals surface area contributed by atoms with Crippen LogP contribution >= 0.6 is 34.8 Å². The molecule has 0 bridgehead atoms. The van der Waals surface area contributed by atoms with Gasteiger partial charge in [0.25, 0.3) is 0 Å². The molecule has 1 amide bonds. The second-order valence-electron chi connectivity index (χ2n) is 18.6. The Hall–Kier alpha value is -10.8. The van der Waals surface area contributed by atoms with Crippen LogP contribution in [0, 0.1) is 27.7 Å². The van der Waals surface area contributed by atoms with Crippen molar-refractivity contribution in [3.8, 4) is 0 Å². The van der Waals surface area contributed by atoms with Gasteiger partial charge in [-0.25, -0.2) is 29.9 Å². The van der Waals surface area contributed by atoms with Crippen molar-refractivity contribution in [3.63, 3.8) is 0 Å². The summed E-state index contributed by atoms with van der Waals surface area (Å²) >= 11 is 16.4. The molecule has 11 rings (SSSR count). The van der Waals surface area contributed by atoms with Gasteiger partial charge in [-0.3, -0.25) is 4.79 Å². The van der Waals surface area contributed by atoms with E-state index in [1.807, 2.05) is 154 Å². The van der Waals surface area contributed by atoms with E-state index in [0.717, 1.165) is 39.9 Å². The summed E-state index contributed by atoms with van der Waals surface area (Å²) in [6, 6.07) is 60.9. The Balaban J connectivity index is -0.00000111. The number of benzene rings is 7. The summed E-state index contributed by atoms with van der Waals surface area (Å²) in [5.74, 6) is 2.82. The third-order valence-corrected chi connectivity index (χ3v) is 11.6. The maximum atomic E-state index is 11.4. The van der Waals surface area contributed by atoms with Crippen LogP contribution in [-0.2, 0) is 4.79 Å². The van der Waals surface area contributed by atoms with E-state index in [1.165, 1.54) is 34.5 Å². The highest BCUT2D eigenvalue weighted by molar-refractivity contribution is 6.31. The number of aryl methyl sites for hydroxylation is 4. The molecule has 3 radical (unpaired) electrons. The minimum Gasteiger partial charge on any atom is -0.399 e. The normalized spacial score (nSPS) is 9.00. The molecule has 14 N–H and O–H groups in total. The number of nitrogen functional groups attached to an aromatic ring is 4. The number of nitrogens with two attached hydrogens (primary N) is 4. The number of hydrogen-bond acceptors (Lipinski definition) is 18. The monoisotopic (exact) mass is 1340 g/mol. The molecule has 23 heteroatoms. The van der Waals surface area contributed by atoms with E-state index < -0.39 is 0 Å². The van der Waals surface area contributed by atoms with Crippen molar-refractivity contribution >= 4 is 135 Å². The van der Waals surface area contributed by atoms with Crippen LogP contribution < -0.4 is 54.8 Å². The third-order valence-electron chi connectivity index (χ3n) is 11.1. The number of hydrogen-bond donors (Lipinski definition) is 10. The lowest BCUT2D eigenvalue weighted by molar-refractivity contribution is -0.111. The van der Waals surface area contributed by atoms with Gasteiger partial charge in [-0.05, 0) is 207 Å². The zero-order valence-electron chi connectivity index (χ0n) is 48.6. The molecule has 0 fully saturated rings. The van der Waals surface area contributed by atoms with E-state index in [9.17, 15) is 4.79 Å². The Morgan fingerprint density at radius 2 is 0.684 bits per heavy atom. The molecular formula is C72H93BCl3N18O. The second kappa shape index (κ2) is 47.1. The van der Waals surface area contributed by atoms with E-state index in [-0.39, 0.29) is 76.9 Å². The number of aromatic nitrogens is 8. The van der Waals surface area contributed by atoms with E-state index in [2.05, 4.69) is 97.4 Å². The number of rotatable bonds is 12. The number of amides is 1. The topological polar surface area (TPSA) is 296 Å². The van der Waals surface area contributed by atoms with E-state index in [1.54, 1.807) is 67.1 Å². The molecule has 0 aliphatic carbocycles. The summed E-state index contributed by atoms with van der Waals surface area (Å²) in [4.78, 5) is 43.8. The number of nitrogens with zero attached hydrogens (tertiary/aromatic N) is 8. The standard InChI is InChI=1S/C20H19N5O.C17H17N5.C11H10ClN3.C7H9N.C6H8N2.C4H2Cl2N2.7CH4.B/c1-3-19(26)23-16-8-5-9-17(13-16)24-20-21-11-10-18(25-20)22-15-7-4-6-14(2)12-15;1-12-4-2-6-14(10-12)20-16-8-9-19-17(22-16)21-15-7-3-5-13(18)11-15;1-8-3-2-4-9(7-8)14-10-5-6-13-11(12)15-10;1-6-3-2-4-7(8)5-6;7-5-2-1-3-6(8)4-5;5-3-1-2-7-4(6)8-3;;;;;;;;/h3-13H,1H2,2H3,(H,23,26)(H2,21,22,24,25);2-11H,18H2,1H3,(H2,19,20,21,22);2-7H,1H3,(H,13,14,15);2-5H,8H2,1H3;1-4H,7-8H2;1-2H;7*1H4;. The van der Waals surface area contributed by atoms with Crippen LogP contribution in [0.5, 0.6) is 0 Å². The van der Waals surface area contributed by atoms with E-state index in [4.69, 9.17) is 57.7 Å². The molecule has 4 heterocycles. The minimum absolute atomic E-state index is 0. The summed E-state index contributed by atoms with van der Waals surface area (Å²) in [5, 5.41) is 19.5. The van der Waals surface area contributed by atoms with Gasteiger partial charge < -0.3 is 54.8 Å². The van der Waals surface area contributed by atoms with E-state index >= 15 is 0 Å². The predicted octanol–water partition coefficient (Wildman–Crippen LogP) is 19.7. The fourth-order valence-electron chi connectivity index (χ4n) is 7.28. The average molecular weight is 1340 g/mol. The SMILES string of the molecule is C.C.C.C.C.C.C.C=CC(=O)Nc1cccc(Nc2nccc(Nc3cccc(C)c3)n2)c1.Cc1cccc(N)c1.Cc1cccc(Nc2ccnc(Cl)n2)c1.Cc1cccc(Nc2ccnc(Nc3cccc(N)c3)n2)c1.Clc1ccnc(Cl)n1.Nc1cccc(N)c1.[B]. The summed E-state index contributed by atoms with van der Waals surface area (Å²) in [6.07, 6.45) is 7.73. The van der Waals surface area contributed by atoms with Crippen molar-refractivity contribution in [1.82, 2.24) is 39.9 Å². The fraction of sp³-hybridized carbons (Fsp3) is 0.153.